The van der Waals surface area contributed by atoms with Gasteiger partial charge in [-0.2, -0.15) is 0 Å². The molecule has 0 saturated carbocycles. The van der Waals surface area contributed by atoms with Gasteiger partial charge in [0.15, 0.2) is 11.0 Å². The van der Waals surface area contributed by atoms with Crippen LogP contribution in [-0.4, -0.2) is 28.1 Å². The van der Waals surface area contributed by atoms with Crippen molar-refractivity contribution in [2.75, 3.05) is 7.05 Å². The van der Waals surface area contributed by atoms with E-state index in [1.165, 1.54) is 11.0 Å². The first-order valence-electron chi connectivity index (χ1n) is 7.78. The van der Waals surface area contributed by atoms with Gasteiger partial charge < -0.3 is 5.11 Å². The van der Waals surface area contributed by atoms with E-state index >= 15 is 0 Å². The second-order valence-electron chi connectivity index (χ2n) is 5.97. The highest BCUT2D eigenvalue weighted by atomic mass is 32.2. The number of phenols is 1. The standard InChI is InChI=1S/C19H16F2N2O2S/c1-10-6-12(7-11(2)17(10)24)8-16-18(25)23(3)19(26-16)22-15-5-4-13(20)9-14(15)21/h4-9,24H,1-3H3/b16-8+,22-19?. The molecule has 3 rings (SSSR count). The number of thioether (sulfide) groups is 1. The van der Waals surface area contributed by atoms with E-state index in [1.807, 2.05) is 0 Å². The maximum Gasteiger partial charge on any atom is 0.266 e. The average molecular weight is 374 g/mol. The summed E-state index contributed by atoms with van der Waals surface area (Å²) < 4.78 is 26.8. The highest BCUT2D eigenvalue weighted by Gasteiger charge is 2.30. The van der Waals surface area contributed by atoms with Crippen LogP contribution in [0, 0.1) is 25.5 Å². The largest absolute Gasteiger partial charge is 0.507 e. The van der Waals surface area contributed by atoms with Crippen molar-refractivity contribution in [1.29, 1.82) is 0 Å². The second kappa shape index (κ2) is 6.92. The number of aromatic hydroxyl groups is 1. The number of carbonyl (C=O) groups excluding carboxylic acids is 1. The number of amides is 1. The molecule has 0 radical (unpaired) electrons. The van der Waals surface area contributed by atoms with E-state index in [0.717, 1.165) is 29.5 Å². The molecule has 2 aromatic rings. The summed E-state index contributed by atoms with van der Waals surface area (Å²) in [6.45, 7) is 3.56. The monoisotopic (exact) mass is 374 g/mol. The van der Waals surface area contributed by atoms with Crippen molar-refractivity contribution in [3.63, 3.8) is 0 Å². The summed E-state index contributed by atoms with van der Waals surface area (Å²) in [6, 6.07) is 6.64. The lowest BCUT2D eigenvalue weighted by atomic mass is 10.1. The summed E-state index contributed by atoms with van der Waals surface area (Å²) in [5, 5.41) is 10.2. The molecule has 0 aliphatic carbocycles. The fourth-order valence-corrected chi connectivity index (χ4v) is 3.53. The highest BCUT2D eigenvalue weighted by Crippen LogP contribution is 2.34. The van der Waals surface area contributed by atoms with Crippen LogP contribution < -0.4 is 0 Å². The Morgan fingerprint density at radius 1 is 1.15 bits per heavy atom. The van der Waals surface area contributed by atoms with Gasteiger partial charge in [0.1, 0.15) is 17.3 Å². The van der Waals surface area contributed by atoms with Crippen molar-refractivity contribution >= 4 is 34.6 Å². The van der Waals surface area contributed by atoms with Crippen molar-refractivity contribution in [1.82, 2.24) is 4.90 Å². The minimum absolute atomic E-state index is 0.0360. The van der Waals surface area contributed by atoms with E-state index < -0.39 is 11.6 Å². The Hall–Kier alpha value is -2.67. The minimum Gasteiger partial charge on any atom is -0.507 e. The average Bonchev–Trinajstić information content (AvgIpc) is 2.83. The molecule has 1 aliphatic rings. The molecule has 1 saturated heterocycles. The van der Waals surface area contributed by atoms with Crippen LogP contribution in [0.25, 0.3) is 6.08 Å². The van der Waals surface area contributed by atoms with Crippen molar-refractivity contribution < 1.29 is 18.7 Å². The zero-order valence-corrected chi connectivity index (χ0v) is 15.2. The predicted octanol–water partition coefficient (Wildman–Crippen LogP) is 4.52. The molecule has 0 atom stereocenters. The van der Waals surface area contributed by atoms with Gasteiger partial charge in [-0.05, 0) is 72.6 Å². The number of rotatable bonds is 2. The summed E-state index contributed by atoms with van der Waals surface area (Å²) in [5.41, 5.74) is 2.16. The van der Waals surface area contributed by atoms with Crippen LogP contribution in [0.4, 0.5) is 14.5 Å². The molecule has 1 heterocycles. The molecular weight excluding hydrogens is 358 g/mol. The normalized spacial score (nSPS) is 17.6. The number of amidine groups is 1. The molecule has 1 aliphatic heterocycles. The quantitative estimate of drug-likeness (QED) is 0.787. The molecule has 4 nitrogen and oxygen atoms in total. The van der Waals surface area contributed by atoms with Gasteiger partial charge in [-0.25, -0.2) is 13.8 Å². The number of hydrogen-bond donors (Lipinski definition) is 1. The Morgan fingerprint density at radius 2 is 1.81 bits per heavy atom. The molecule has 1 fully saturated rings. The third-order valence-electron chi connectivity index (χ3n) is 3.94. The first-order chi connectivity index (χ1) is 12.3. The summed E-state index contributed by atoms with van der Waals surface area (Å²) in [6.07, 6.45) is 1.70. The van der Waals surface area contributed by atoms with Gasteiger partial charge in [0, 0.05) is 13.1 Å². The Labute approximate surface area is 153 Å². The highest BCUT2D eigenvalue weighted by molar-refractivity contribution is 8.18. The molecule has 1 N–H and O–H groups in total. The number of carbonyl (C=O) groups is 1. The number of hydrogen-bond acceptors (Lipinski definition) is 4. The number of nitrogens with zero attached hydrogens (tertiary/aromatic N) is 2. The van der Waals surface area contributed by atoms with Crippen molar-refractivity contribution in [3.8, 4) is 5.75 Å². The molecule has 1 amide bonds. The number of benzene rings is 2. The first kappa shape index (κ1) is 18.1. The van der Waals surface area contributed by atoms with E-state index in [9.17, 15) is 18.7 Å². The van der Waals surface area contributed by atoms with Crippen LogP contribution in [-0.2, 0) is 4.79 Å². The van der Waals surface area contributed by atoms with Crippen LogP contribution >= 0.6 is 11.8 Å². The second-order valence-corrected chi connectivity index (χ2v) is 6.98. The number of aliphatic imine (C=N–C) groups is 1. The maximum atomic E-state index is 13.8. The van der Waals surface area contributed by atoms with Gasteiger partial charge in [-0.3, -0.25) is 9.69 Å². The van der Waals surface area contributed by atoms with Crippen LogP contribution in [0.3, 0.4) is 0 Å². The van der Waals surface area contributed by atoms with Crippen LogP contribution in [0.2, 0.25) is 0 Å². The summed E-state index contributed by atoms with van der Waals surface area (Å²) in [4.78, 5) is 18.3. The Morgan fingerprint density at radius 3 is 2.42 bits per heavy atom. The molecule has 2 aromatic carbocycles. The Bertz CT molecular complexity index is 947. The van der Waals surface area contributed by atoms with E-state index in [-0.39, 0.29) is 17.3 Å². The first-order valence-corrected chi connectivity index (χ1v) is 8.59. The fourth-order valence-electron chi connectivity index (χ4n) is 2.55. The van der Waals surface area contributed by atoms with E-state index in [0.29, 0.717) is 21.2 Å². The molecule has 0 bridgehead atoms. The molecule has 134 valence electrons. The van der Waals surface area contributed by atoms with Gasteiger partial charge in [0.2, 0.25) is 0 Å². The molecule has 7 heteroatoms. The smallest absolute Gasteiger partial charge is 0.266 e. The van der Waals surface area contributed by atoms with Gasteiger partial charge in [-0.1, -0.05) is 0 Å². The van der Waals surface area contributed by atoms with Gasteiger partial charge >= 0.3 is 0 Å². The zero-order valence-electron chi connectivity index (χ0n) is 14.4. The number of halogens is 2. The SMILES string of the molecule is Cc1cc(/C=C2/SC(=Nc3ccc(F)cc3F)N(C)C2=O)cc(C)c1O. The van der Waals surface area contributed by atoms with Gasteiger partial charge in [0.05, 0.1) is 4.91 Å². The van der Waals surface area contributed by atoms with Crippen molar-refractivity contribution in [2.45, 2.75) is 13.8 Å². The van der Waals surface area contributed by atoms with Crippen molar-refractivity contribution in [3.05, 3.63) is 63.6 Å². The van der Waals surface area contributed by atoms with E-state index in [1.54, 1.807) is 39.1 Å². The molecule has 0 spiro atoms. The number of phenolic OH excluding ortho intramolecular Hbond substituents is 1. The van der Waals surface area contributed by atoms with E-state index in [4.69, 9.17) is 0 Å². The van der Waals surface area contributed by atoms with Gasteiger partial charge in [0.25, 0.3) is 5.91 Å². The van der Waals surface area contributed by atoms with Crippen LogP contribution in [0.15, 0.2) is 40.2 Å². The fraction of sp³-hybridized carbons (Fsp3) is 0.158. The van der Waals surface area contributed by atoms with Gasteiger partial charge in [-0.15, -0.1) is 0 Å². The Balaban J connectivity index is 1.95. The summed E-state index contributed by atoms with van der Waals surface area (Å²) in [5.74, 6) is -1.52. The molecule has 0 unspecified atom stereocenters. The minimum atomic E-state index is -0.791. The number of aryl methyl sites for hydroxylation is 2. The number of likely N-dealkylation sites (N-methyl/N-ethyl adjacent to an activating group) is 1. The maximum absolute atomic E-state index is 13.8. The lowest BCUT2D eigenvalue weighted by Gasteiger charge is -2.07. The topological polar surface area (TPSA) is 52.9 Å². The van der Waals surface area contributed by atoms with E-state index in [2.05, 4.69) is 4.99 Å². The molecular formula is C19H16F2N2O2S. The van der Waals surface area contributed by atoms with Crippen molar-refractivity contribution in [2.24, 2.45) is 4.99 Å². The third-order valence-corrected chi connectivity index (χ3v) is 5.00. The molecule has 26 heavy (non-hydrogen) atoms. The third kappa shape index (κ3) is 3.48. The summed E-state index contributed by atoms with van der Waals surface area (Å²) >= 11 is 1.11. The lowest BCUT2D eigenvalue weighted by molar-refractivity contribution is -0.121. The summed E-state index contributed by atoms with van der Waals surface area (Å²) in [7, 11) is 1.55. The van der Waals surface area contributed by atoms with Crippen LogP contribution in [0.5, 0.6) is 5.75 Å². The predicted molar refractivity (Wildman–Crippen MR) is 99.4 cm³/mol. The molecule has 0 aromatic heterocycles. The Kier molecular flexibility index (Phi) is 4.82. The van der Waals surface area contributed by atoms with Crippen LogP contribution in [0.1, 0.15) is 16.7 Å². The lowest BCUT2D eigenvalue weighted by Crippen LogP contribution is -2.23. The zero-order chi connectivity index (χ0) is 19.0.